The molecular weight excluding hydrogens is 460 g/mol. The first-order valence-electron chi connectivity index (χ1n) is 7.83. The summed E-state index contributed by atoms with van der Waals surface area (Å²) in [5.41, 5.74) is -5.23. The van der Waals surface area contributed by atoms with Gasteiger partial charge in [0.15, 0.2) is 5.96 Å². The Balaban J connectivity index is 0.00000529. The molecule has 0 aromatic heterocycles. The summed E-state index contributed by atoms with van der Waals surface area (Å²) >= 11 is 0. The van der Waals surface area contributed by atoms with Gasteiger partial charge in [-0.3, -0.25) is 4.99 Å². The van der Waals surface area contributed by atoms with Crippen LogP contribution in [0.4, 0.5) is 13.2 Å². The number of hydrogen-bond acceptors (Lipinski definition) is 3. The van der Waals surface area contributed by atoms with E-state index in [0.717, 1.165) is 12.8 Å². The van der Waals surface area contributed by atoms with Crippen molar-refractivity contribution in [1.29, 1.82) is 0 Å². The molecule has 0 radical (unpaired) electrons. The lowest BCUT2D eigenvalue weighted by molar-refractivity contribution is -0.0494. The van der Waals surface area contributed by atoms with Crippen LogP contribution in [-0.4, -0.2) is 56.4 Å². The Hall–Kier alpha value is -0.300. The van der Waals surface area contributed by atoms with Gasteiger partial charge in [0.05, 0.1) is 0 Å². The van der Waals surface area contributed by atoms with Crippen molar-refractivity contribution in [3.8, 4) is 0 Å². The molecule has 0 aliphatic carbocycles. The summed E-state index contributed by atoms with van der Waals surface area (Å²) < 4.78 is 60.8. The standard InChI is InChI=1S/C13H25F3N4O2S.HI/c1-3-5-8-18-12(17-4-2)19-11-6-9-20(10-7-11)23(21,22)13(14,15)16;/h11H,3-10H2,1-2H3,(H2,17,18,19);1H. The number of hydrogen-bond donors (Lipinski definition) is 2. The minimum Gasteiger partial charge on any atom is -0.357 e. The number of piperidine rings is 1. The molecule has 1 rings (SSSR count). The van der Waals surface area contributed by atoms with E-state index in [1.165, 1.54) is 0 Å². The molecule has 0 aromatic carbocycles. The minimum absolute atomic E-state index is 0. The first kappa shape index (κ1) is 23.7. The average Bonchev–Trinajstić information content (AvgIpc) is 2.47. The maximum Gasteiger partial charge on any atom is 0.511 e. The third kappa shape index (κ3) is 6.90. The lowest BCUT2D eigenvalue weighted by Gasteiger charge is -2.32. The van der Waals surface area contributed by atoms with Gasteiger partial charge in [-0.1, -0.05) is 13.3 Å². The highest BCUT2D eigenvalue weighted by Gasteiger charge is 2.50. The Morgan fingerprint density at radius 3 is 2.29 bits per heavy atom. The summed E-state index contributed by atoms with van der Waals surface area (Å²) in [4.78, 5) is 4.39. The number of sulfonamides is 1. The first-order valence-corrected chi connectivity index (χ1v) is 9.27. The fraction of sp³-hybridized carbons (Fsp3) is 0.923. The van der Waals surface area contributed by atoms with Gasteiger partial charge < -0.3 is 10.6 Å². The van der Waals surface area contributed by atoms with Gasteiger partial charge in [0.25, 0.3) is 0 Å². The highest BCUT2D eigenvalue weighted by Crippen LogP contribution is 2.28. The molecule has 144 valence electrons. The van der Waals surface area contributed by atoms with E-state index in [-0.39, 0.29) is 43.1 Å². The van der Waals surface area contributed by atoms with Crippen molar-refractivity contribution in [2.45, 2.75) is 51.1 Å². The average molecular weight is 486 g/mol. The fourth-order valence-electron chi connectivity index (χ4n) is 2.25. The number of unbranched alkanes of at least 4 members (excludes halogenated alkanes) is 1. The van der Waals surface area contributed by atoms with E-state index in [4.69, 9.17) is 0 Å². The largest absolute Gasteiger partial charge is 0.511 e. The predicted octanol–water partition coefficient (Wildman–Crippen LogP) is 2.27. The lowest BCUT2D eigenvalue weighted by Crippen LogP contribution is -2.51. The quantitative estimate of drug-likeness (QED) is 0.262. The van der Waals surface area contributed by atoms with Gasteiger partial charge in [-0.2, -0.15) is 17.5 Å². The molecule has 0 atom stereocenters. The van der Waals surface area contributed by atoms with Crippen LogP contribution in [0, 0.1) is 0 Å². The number of alkyl halides is 3. The van der Waals surface area contributed by atoms with Gasteiger partial charge in [-0.05, 0) is 26.2 Å². The molecule has 2 N–H and O–H groups in total. The molecule has 0 amide bonds. The van der Waals surface area contributed by atoms with Crippen LogP contribution in [0.5, 0.6) is 0 Å². The van der Waals surface area contributed by atoms with Crippen LogP contribution in [-0.2, 0) is 10.0 Å². The van der Waals surface area contributed by atoms with E-state index in [1.807, 2.05) is 6.92 Å². The monoisotopic (exact) mass is 486 g/mol. The molecule has 24 heavy (non-hydrogen) atoms. The van der Waals surface area contributed by atoms with Crippen molar-refractivity contribution in [3.63, 3.8) is 0 Å². The summed E-state index contributed by atoms with van der Waals surface area (Å²) in [6.07, 6.45) is 2.61. The van der Waals surface area contributed by atoms with Crippen LogP contribution in [0.2, 0.25) is 0 Å². The van der Waals surface area contributed by atoms with Gasteiger partial charge in [0, 0.05) is 32.2 Å². The van der Waals surface area contributed by atoms with Crippen molar-refractivity contribution in [3.05, 3.63) is 0 Å². The first-order chi connectivity index (χ1) is 10.7. The highest BCUT2D eigenvalue weighted by molar-refractivity contribution is 14.0. The van der Waals surface area contributed by atoms with E-state index in [9.17, 15) is 21.6 Å². The fourth-order valence-corrected chi connectivity index (χ4v) is 3.23. The van der Waals surface area contributed by atoms with Crippen molar-refractivity contribution in [2.75, 3.05) is 26.2 Å². The molecule has 0 bridgehead atoms. The molecule has 0 spiro atoms. The molecule has 0 saturated carbocycles. The number of guanidine groups is 1. The minimum atomic E-state index is -5.23. The third-order valence-electron chi connectivity index (χ3n) is 3.55. The van der Waals surface area contributed by atoms with Gasteiger partial charge >= 0.3 is 15.5 Å². The number of nitrogens with one attached hydrogen (secondary N) is 2. The molecular formula is C13H26F3IN4O2S. The summed E-state index contributed by atoms with van der Waals surface area (Å²) in [6, 6.07) is -0.0888. The normalized spacial score (nSPS) is 18.1. The van der Waals surface area contributed by atoms with Crippen LogP contribution >= 0.6 is 24.0 Å². The van der Waals surface area contributed by atoms with E-state index < -0.39 is 15.5 Å². The lowest BCUT2D eigenvalue weighted by atomic mass is 10.1. The van der Waals surface area contributed by atoms with Crippen molar-refractivity contribution >= 4 is 40.0 Å². The SMILES string of the molecule is CCCCN=C(NCC)NC1CCN(S(=O)(=O)C(F)(F)F)CC1.I. The van der Waals surface area contributed by atoms with Crippen molar-refractivity contribution < 1.29 is 21.6 Å². The molecule has 11 heteroatoms. The van der Waals surface area contributed by atoms with E-state index in [0.29, 0.717) is 36.2 Å². The number of nitrogens with zero attached hydrogens (tertiary/aromatic N) is 2. The smallest absolute Gasteiger partial charge is 0.357 e. The Morgan fingerprint density at radius 1 is 1.25 bits per heavy atom. The van der Waals surface area contributed by atoms with Gasteiger partial charge in [-0.25, -0.2) is 8.42 Å². The van der Waals surface area contributed by atoms with Gasteiger partial charge in [0.2, 0.25) is 0 Å². The van der Waals surface area contributed by atoms with Gasteiger partial charge in [0.1, 0.15) is 0 Å². The van der Waals surface area contributed by atoms with Gasteiger partial charge in [-0.15, -0.1) is 24.0 Å². The van der Waals surface area contributed by atoms with Crippen LogP contribution in [0.25, 0.3) is 0 Å². The molecule has 6 nitrogen and oxygen atoms in total. The Labute approximate surface area is 158 Å². The molecule has 1 aliphatic heterocycles. The Kier molecular flexibility index (Phi) is 10.5. The van der Waals surface area contributed by atoms with E-state index in [1.54, 1.807) is 0 Å². The maximum atomic E-state index is 12.5. The third-order valence-corrected chi connectivity index (χ3v) is 5.18. The summed E-state index contributed by atoms with van der Waals surface area (Å²) in [7, 11) is -5.22. The second-order valence-corrected chi connectivity index (χ2v) is 7.31. The van der Waals surface area contributed by atoms with Crippen molar-refractivity contribution in [2.24, 2.45) is 4.99 Å². The number of halogens is 4. The zero-order valence-electron chi connectivity index (χ0n) is 13.9. The maximum absolute atomic E-state index is 12.5. The Bertz CT molecular complexity index is 492. The summed E-state index contributed by atoms with van der Waals surface area (Å²) in [5, 5.41) is 6.24. The molecule has 0 aromatic rings. The van der Waals surface area contributed by atoms with Crippen LogP contribution in [0.3, 0.4) is 0 Å². The molecule has 1 heterocycles. The zero-order valence-corrected chi connectivity index (χ0v) is 17.0. The molecule has 1 aliphatic rings. The summed E-state index contributed by atoms with van der Waals surface area (Å²) in [6.45, 7) is 5.05. The zero-order chi connectivity index (χ0) is 17.5. The van der Waals surface area contributed by atoms with E-state index in [2.05, 4.69) is 22.5 Å². The van der Waals surface area contributed by atoms with Crippen molar-refractivity contribution in [1.82, 2.24) is 14.9 Å². The van der Waals surface area contributed by atoms with Crippen LogP contribution in [0.15, 0.2) is 4.99 Å². The topological polar surface area (TPSA) is 73.8 Å². The molecule has 1 saturated heterocycles. The number of rotatable bonds is 6. The highest BCUT2D eigenvalue weighted by atomic mass is 127. The predicted molar refractivity (Wildman–Crippen MR) is 99.0 cm³/mol. The summed E-state index contributed by atoms with van der Waals surface area (Å²) in [5.74, 6) is 0.623. The Morgan fingerprint density at radius 2 is 1.83 bits per heavy atom. The van der Waals surface area contributed by atoms with E-state index >= 15 is 0 Å². The second-order valence-electron chi connectivity index (χ2n) is 5.38. The molecule has 0 unspecified atom stereocenters. The van der Waals surface area contributed by atoms with Crippen LogP contribution in [0.1, 0.15) is 39.5 Å². The second kappa shape index (κ2) is 10.6. The number of aliphatic imine (C=N–C) groups is 1. The van der Waals surface area contributed by atoms with Crippen LogP contribution < -0.4 is 10.6 Å². The molecule has 1 fully saturated rings.